The summed E-state index contributed by atoms with van der Waals surface area (Å²) in [6.07, 6.45) is 6.16. The van der Waals surface area contributed by atoms with Gasteiger partial charge >= 0.3 is 0 Å². The summed E-state index contributed by atoms with van der Waals surface area (Å²) in [5.74, 6) is 0.527. The minimum absolute atomic E-state index is 0.0680. The quantitative estimate of drug-likeness (QED) is 0.285. The first-order chi connectivity index (χ1) is 17.6. The number of hydrogen-bond acceptors (Lipinski definition) is 10. The van der Waals surface area contributed by atoms with Crippen molar-refractivity contribution in [3.63, 3.8) is 0 Å². The number of likely N-dealkylation sites (tertiary alicyclic amines) is 1. The third-order valence-corrected chi connectivity index (χ3v) is 5.86. The largest absolute Gasteiger partial charge is 0.497 e. The molecule has 0 radical (unpaired) electrons. The van der Waals surface area contributed by atoms with E-state index in [4.69, 9.17) is 4.74 Å². The van der Waals surface area contributed by atoms with Gasteiger partial charge in [0.15, 0.2) is 5.82 Å². The molecule has 12 nitrogen and oxygen atoms in total. The number of azo groups is 1. The predicted octanol–water partition coefficient (Wildman–Crippen LogP) is 4.75. The molecule has 1 saturated heterocycles. The number of nitrogens with zero attached hydrogens (tertiary/aromatic N) is 9. The maximum absolute atomic E-state index is 13.3. The number of aromatic nitrogens is 4. The van der Waals surface area contributed by atoms with Crippen LogP contribution in [0.4, 0.5) is 17.2 Å². The molecule has 0 N–H and O–H groups in total. The topological polar surface area (TPSA) is 151 Å². The van der Waals surface area contributed by atoms with Crippen LogP contribution in [-0.4, -0.2) is 50.8 Å². The van der Waals surface area contributed by atoms with E-state index in [-0.39, 0.29) is 40.2 Å². The molecule has 178 valence electrons. The van der Waals surface area contributed by atoms with E-state index >= 15 is 0 Å². The van der Waals surface area contributed by atoms with Gasteiger partial charge in [0.1, 0.15) is 28.8 Å². The average Bonchev–Trinajstić information content (AvgIpc) is 3.61. The van der Waals surface area contributed by atoms with E-state index in [1.165, 1.54) is 30.4 Å². The molecule has 2 aromatic heterocycles. The molecular formula is C24H19N9O3. The fourth-order valence-electron chi connectivity index (χ4n) is 4.09. The normalized spacial score (nSPS) is 13.3. The van der Waals surface area contributed by atoms with Crippen molar-refractivity contribution in [3.05, 3.63) is 65.0 Å². The zero-order valence-electron chi connectivity index (χ0n) is 19.2. The second-order valence-corrected chi connectivity index (χ2v) is 7.95. The summed E-state index contributed by atoms with van der Waals surface area (Å²) in [7, 11) is 1.54. The number of ether oxygens (including phenoxy) is 1. The van der Waals surface area contributed by atoms with Crippen LogP contribution in [0.25, 0.3) is 16.7 Å². The SMILES string of the molecule is COc1ccc2c(/N=N/c3c(C#N)cnn3-c3ncccn3)c(N=O)c(C(=O)N3CCCC3)cc2c1. The third kappa shape index (κ3) is 4.03. The third-order valence-electron chi connectivity index (χ3n) is 5.86. The lowest BCUT2D eigenvalue weighted by Crippen LogP contribution is -2.27. The van der Waals surface area contributed by atoms with E-state index in [1.54, 1.807) is 35.2 Å². The number of amides is 1. The predicted molar refractivity (Wildman–Crippen MR) is 129 cm³/mol. The Bertz CT molecular complexity index is 1530. The van der Waals surface area contributed by atoms with Crippen LogP contribution in [-0.2, 0) is 0 Å². The van der Waals surface area contributed by atoms with Crippen molar-refractivity contribution >= 4 is 33.9 Å². The number of rotatable bonds is 6. The number of nitroso groups, excluding NO2 is 1. The number of fused-ring (bicyclic) bond motifs is 1. The number of methoxy groups -OCH3 is 1. The molecule has 0 saturated carbocycles. The van der Waals surface area contributed by atoms with Gasteiger partial charge in [-0.15, -0.1) is 15.1 Å². The molecular weight excluding hydrogens is 462 g/mol. The number of benzene rings is 2. The molecule has 1 fully saturated rings. The van der Waals surface area contributed by atoms with Crippen molar-refractivity contribution < 1.29 is 9.53 Å². The second-order valence-electron chi connectivity index (χ2n) is 7.95. The summed E-state index contributed by atoms with van der Waals surface area (Å²) in [4.78, 5) is 35.3. The van der Waals surface area contributed by atoms with Crippen LogP contribution >= 0.6 is 0 Å². The highest BCUT2D eigenvalue weighted by molar-refractivity contribution is 6.10. The average molecular weight is 481 g/mol. The Hall–Kier alpha value is -5.05. The van der Waals surface area contributed by atoms with Crippen LogP contribution in [0.15, 0.2) is 64.3 Å². The highest BCUT2D eigenvalue weighted by atomic mass is 16.5. The van der Waals surface area contributed by atoms with E-state index in [2.05, 4.69) is 30.5 Å². The summed E-state index contributed by atoms with van der Waals surface area (Å²) in [5, 5.41) is 26.6. The lowest BCUT2D eigenvalue weighted by molar-refractivity contribution is 0.0794. The molecule has 1 aliphatic heterocycles. The van der Waals surface area contributed by atoms with Crippen LogP contribution in [0.1, 0.15) is 28.8 Å². The smallest absolute Gasteiger partial charge is 0.256 e. The zero-order valence-corrected chi connectivity index (χ0v) is 19.2. The fourth-order valence-corrected chi connectivity index (χ4v) is 4.09. The Kier molecular flexibility index (Phi) is 6.10. The molecule has 3 heterocycles. The molecule has 0 bridgehead atoms. The molecule has 2 aromatic carbocycles. The lowest BCUT2D eigenvalue weighted by Gasteiger charge is -2.17. The zero-order chi connectivity index (χ0) is 25.1. The second kappa shape index (κ2) is 9.67. The monoisotopic (exact) mass is 481 g/mol. The van der Waals surface area contributed by atoms with E-state index in [1.807, 2.05) is 6.07 Å². The first-order valence-corrected chi connectivity index (χ1v) is 11.1. The van der Waals surface area contributed by atoms with Crippen molar-refractivity contribution in [1.82, 2.24) is 24.6 Å². The first kappa shape index (κ1) is 22.7. The maximum Gasteiger partial charge on any atom is 0.256 e. The number of carbonyl (C=O) groups excluding carboxylic acids is 1. The highest BCUT2D eigenvalue weighted by Crippen LogP contribution is 2.42. The molecule has 0 atom stereocenters. The number of nitriles is 1. The molecule has 5 rings (SSSR count). The summed E-state index contributed by atoms with van der Waals surface area (Å²) < 4.78 is 6.60. The molecule has 4 aromatic rings. The molecule has 0 unspecified atom stereocenters. The van der Waals surface area contributed by atoms with Gasteiger partial charge < -0.3 is 9.64 Å². The minimum Gasteiger partial charge on any atom is -0.497 e. The van der Waals surface area contributed by atoms with Gasteiger partial charge in [-0.25, -0.2) is 9.97 Å². The maximum atomic E-state index is 13.3. The van der Waals surface area contributed by atoms with Gasteiger partial charge in [-0.2, -0.15) is 15.0 Å². The van der Waals surface area contributed by atoms with E-state index in [0.717, 1.165) is 12.8 Å². The number of hydrogen-bond donors (Lipinski definition) is 0. The first-order valence-electron chi connectivity index (χ1n) is 11.1. The Morgan fingerprint density at radius 2 is 1.89 bits per heavy atom. The van der Waals surface area contributed by atoms with Gasteiger partial charge in [0.05, 0.1) is 18.9 Å². The van der Waals surface area contributed by atoms with Crippen molar-refractivity contribution in [3.8, 4) is 17.8 Å². The summed E-state index contributed by atoms with van der Waals surface area (Å²) >= 11 is 0. The van der Waals surface area contributed by atoms with Crippen LogP contribution in [0.5, 0.6) is 5.75 Å². The van der Waals surface area contributed by atoms with Gasteiger partial charge in [-0.1, -0.05) is 0 Å². The number of carbonyl (C=O) groups is 1. The minimum atomic E-state index is -0.302. The van der Waals surface area contributed by atoms with Gasteiger partial charge in [0, 0.05) is 30.9 Å². The molecule has 36 heavy (non-hydrogen) atoms. The van der Waals surface area contributed by atoms with Crippen molar-refractivity contribution in [2.45, 2.75) is 12.8 Å². The molecule has 1 aliphatic rings. The molecule has 1 amide bonds. The van der Waals surface area contributed by atoms with Crippen molar-refractivity contribution in [2.24, 2.45) is 15.4 Å². The van der Waals surface area contributed by atoms with Gasteiger partial charge in [0.2, 0.25) is 0 Å². The van der Waals surface area contributed by atoms with Crippen molar-refractivity contribution in [1.29, 1.82) is 5.26 Å². The fraction of sp³-hybridized carbons (Fsp3) is 0.208. The van der Waals surface area contributed by atoms with Crippen LogP contribution in [0, 0.1) is 16.2 Å². The van der Waals surface area contributed by atoms with E-state index in [0.29, 0.717) is 29.6 Å². The van der Waals surface area contributed by atoms with Crippen LogP contribution < -0.4 is 4.74 Å². The molecule has 12 heteroatoms. The van der Waals surface area contributed by atoms with Gasteiger partial charge in [0.25, 0.3) is 11.9 Å². The summed E-state index contributed by atoms with van der Waals surface area (Å²) in [6.45, 7) is 1.21. The molecule has 0 spiro atoms. The Labute approximate surface area is 204 Å². The Balaban J connectivity index is 1.70. The highest BCUT2D eigenvalue weighted by Gasteiger charge is 2.26. The van der Waals surface area contributed by atoms with Gasteiger partial charge in [-0.3, -0.25) is 4.79 Å². The molecule has 0 aliphatic carbocycles. The Morgan fingerprint density at radius 1 is 1.11 bits per heavy atom. The lowest BCUT2D eigenvalue weighted by atomic mass is 10.0. The van der Waals surface area contributed by atoms with Crippen molar-refractivity contribution in [2.75, 3.05) is 20.2 Å². The van der Waals surface area contributed by atoms with Crippen LogP contribution in [0.3, 0.4) is 0 Å². The summed E-state index contributed by atoms with van der Waals surface area (Å²) in [6, 6.07) is 10.4. The standard InChI is InChI=1S/C24H19N9O3/c1-36-17-5-6-18-15(11-17)12-19(23(34)32-9-2-3-10-32)21(31-35)20(18)29-30-22-16(13-25)14-28-33(22)24-26-7-4-8-27-24/h4-8,11-12,14H,2-3,9-10H2,1H3/b30-29+. The van der Waals surface area contributed by atoms with Crippen LogP contribution in [0.2, 0.25) is 0 Å². The summed E-state index contributed by atoms with van der Waals surface area (Å²) in [5.41, 5.74) is 0.219. The van der Waals surface area contributed by atoms with Gasteiger partial charge in [-0.05, 0) is 53.7 Å². The van der Waals surface area contributed by atoms with E-state index in [9.17, 15) is 15.0 Å². The van der Waals surface area contributed by atoms with E-state index < -0.39 is 0 Å². The Morgan fingerprint density at radius 3 is 2.58 bits per heavy atom.